The summed E-state index contributed by atoms with van der Waals surface area (Å²) in [6.07, 6.45) is 1.30. The summed E-state index contributed by atoms with van der Waals surface area (Å²) >= 11 is 0. The molecule has 6 heteroatoms. The van der Waals surface area contributed by atoms with Crippen molar-refractivity contribution in [3.63, 3.8) is 0 Å². The van der Waals surface area contributed by atoms with Gasteiger partial charge in [0, 0.05) is 10.9 Å². The molecule has 0 atom stereocenters. The van der Waals surface area contributed by atoms with Gasteiger partial charge in [-0.25, -0.2) is 5.43 Å². The Labute approximate surface area is 144 Å². The summed E-state index contributed by atoms with van der Waals surface area (Å²) < 4.78 is 5.01. The van der Waals surface area contributed by atoms with Crippen molar-refractivity contribution in [1.82, 2.24) is 5.43 Å². The summed E-state index contributed by atoms with van der Waals surface area (Å²) in [5, 5.41) is 25.5. The van der Waals surface area contributed by atoms with Crippen LogP contribution in [0.2, 0.25) is 0 Å². The van der Waals surface area contributed by atoms with Crippen molar-refractivity contribution in [2.75, 3.05) is 7.11 Å². The van der Waals surface area contributed by atoms with E-state index in [2.05, 4.69) is 10.5 Å². The summed E-state index contributed by atoms with van der Waals surface area (Å²) in [6.45, 7) is 0. The molecule has 0 fully saturated rings. The highest BCUT2D eigenvalue weighted by Gasteiger charge is 2.13. The molecule has 3 N–H and O–H groups in total. The molecule has 0 radical (unpaired) electrons. The lowest BCUT2D eigenvalue weighted by Crippen LogP contribution is -2.17. The molecule has 25 heavy (non-hydrogen) atoms. The first-order chi connectivity index (χ1) is 12.1. The number of amides is 1. The zero-order chi connectivity index (χ0) is 17.8. The number of hydrogen-bond acceptors (Lipinski definition) is 5. The number of phenols is 2. The molecule has 0 bridgehead atoms. The molecule has 0 aliphatic heterocycles. The molecule has 0 aromatic heterocycles. The second kappa shape index (κ2) is 6.92. The second-order valence-electron chi connectivity index (χ2n) is 5.28. The SMILES string of the molecule is COc1cccc(C=NNC(=O)c2ccc3ccccc3c2O)c1O. The first-order valence-corrected chi connectivity index (χ1v) is 7.52. The lowest BCUT2D eigenvalue weighted by Gasteiger charge is -2.07. The largest absolute Gasteiger partial charge is 0.506 e. The van der Waals surface area contributed by atoms with Crippen LogP contribution in [0.4, 0.5) is 0 Å². The summed E-state index contributed by atoms with van der Waals surface area (Å²) in [7, 11) is 1.44. The van der Waals surface area contributed by atoms with Crippen LogP contribution in [0.3, 0.4) is 0 Å². The Morgan fingerprint density at radius 1 is 1.04 bits per heavy atom. The molecule has 6 nitrogen and oxygen atoms in total. The van der Waals surface area contributed by atoms with Crippen LogP contribution in [0, 0.1) is 0 Å². The fraction of sp³-hybridized carbons (Fsp3) is 0.0526. The van der Waals surface area contributed by atoms with Crippen LogP contribution in [0.15, 0.2) is 59.7 Å². The van der Waals surface area contributed by atoms with Crippen molar-refractivity contribution in [3.05, 3.63) is 65.7 Å². The zero-order valence-corrected chi connectivity index (χ0v) is 13.4. The monoisotopic (exact) mass is 336 g/mol. The fourth-order valence-corrected chi connectivity index (χ4v) is 2.47. The van der Waals surface area contributed by atoms with Crippen molar-refractivity contribution >= 4 is 22.9 Å². The van der Waals surface area contributed by atoms with Crippen LogP contribution >= 0.6 is 0 Å². The number of nitrogens with one attached hydrogen (secondary N) is 1. The number of hydrogen-bond donors (Lipinski definition) is 3. The lowest BCUT2D eigenvalue weighted by atomic mass is 10.1. The summed E-state index contributed by atoms with van der Waals surface area (Å²) in [6, 6.07) is 15.4. The number of carbonyl (C=O) groups is 1. The van der Waals surface area contributed by atoms with Gasteiger partial charge in [0.15, 0.2) is 11.5 Å². The predicted molar refractivity (Wildman–Crippen MR) is 95.3 cm³/mol. The number of aromatic hydroxyl groups is 2. The van der Waals surface area contributed by atoms with Gasteiger partial charge in [-0.15, -0.1) is 0 Å². The maximum atomic E-state index is 12.2. The molecule has 0 saturated heterocycles. The topological polar surface area (TPSA) is 91.2 Å². The van der Waals surface area contributed by atoms with Crippen LogP contribution in [0.25, 0.3) is 10.8 Å². The molecule has 0 heterocycles. The third-order valence-corrected chi connectivity index (χ3v) is 3.77. The van der Waals surface area contributed by atoms with Gasteiger partial charge in [0.2, 0.25) is 0 Å². The summed E-state index contributed by atoms with van der Waals surface area (Å²) in [4.78, 5) is 12.2. The normalized spacial score (nSPS) is 10.9. The van der Waals surface area contributed by atoms with Crippen molar-refractivity contribution in [2.45, 2.75) is 0 Å². The third-order valence-electron chi connectivity index (χ3n) is 3.77. The number of ether oxygens (including phenoxy) is 1. The van der Waals surface area contributed by atoms with Gasteiger partial charge >= 0.3 is 0 Å². The molecule has 3 aromatic carbocycles. The standard InChI is InChI=1S/C19H16N2O4/c1-25-16-8-4-6-13(17(16)22)11-20-21-19(24)15-10-9-12-5-2-3-7-14(12)18(15)23/h2-11,22-23H,1H3,(H,21,24). The molecule has 3 rings (SSSR count). The van der Waals surface area contributed by atoms with E-state index in [0.717, 1.165) is 5.39 Å². The number of nitrogens with zero attached hydrogens (tertiary/aromatic N) is 1. The van der Waals surface area contributed by atoms with Crippen molar-refractivity contribution in [2.24, 2.45) is 5.10 Å². The van der Waals surface area contributed by atoms with Crippen LogP contribution < -0.4 is 10.2 Å². The van der Waals surface area contributed by atoms with E-state index in [4.69, 9.17) is 4.74 Å². The van der Waals surface area contributed by atoms with E-state index in [0.29, 0.717) is 16.7 Å². The number of rotatable bonds is 4. The number of para-hydroxylation sites is 1. The number of carbonyl (C=O) groups excluding carboxylic acids is 1. The maximum Gasteiger partial charge on any atom is 0.275 e. The van der Waals surface area contributed by atoms with Crippen LogP contribution in [0.1, 0.15) is 15.9 Å². The summed E-state index contributed by atoms with van der Waals surface area (Å²) in [5.41, 5.74) is 2.84. The lowest BCUT2D eigenvalue weighted by molar-refractivity contribution is 0.0952. The first-order valence-electron chi connectivity index (χ1n) is 7.52. The second-order valence-corrected chi connectivity index (χ2v) is 5.28. The zero-order valence-electron chi connectivity index (χ0n) is 13.4. The minimum absolute atomic E-state index is 0.0726. The Morgan fingerprint density at radius 2 is 1.84 bits per heavy atom. The van der Waals surface area contributed by atoms with Gasteiger partial charge in [-0.2, -0.15) is 5.10 Å². The number of fused-ring (bicyclic) bond motifs is 1. The van der Waals surface area contributed by atoms with E-state index in [9.17, 15) is 15.0 Å². The molecule has 0 aliphatic carbocycles. The van der Waals surface area contributed by atoms with Gasteiger partial charge in [-0.05, 0) is 23.6 Å². The first kappa shape index (κ1) is 16.3. The molecule has 0 unspecified atom stereocenters. The smallest absolute Gasteiger partial charge is 0.275 e. The average Bonchev–Trinajstić information content (AvgIpc) is 2.63. The molecular weight excluding hydrogens is 320 g/mol. The highest BCUT2D eigenvalue weighted by atomic mass is 16.5. The molecule has 0 aliphatic rings. The van der Waals surface area contributed by atoms with Gasteiger partial charge < -0.3 is 14.9 Å². The average molecular weight is 336 g/mol. The van der Waals surface area contributed by atoms with E-state index < -0.39 is 5.91 Å². The van der Waals surface area contributed by atoms with Gasteiger partial charge in [-0.1, -0.05) is 36.4 Å². The molecule has 0 spiro atoms. The molecule has 3 aromatic rings. The Balaban J connectivity index is 1.80. The Hall–Kier alpha value is -3.54. The van der Waals surface area contributed by atoms with E-state index in [-0.39, 0.29) is 17.1 Å². The van der Waals surface area contributed by atoms with E-state index in [1.807, 2.05) is 12.1 Å². The fourth-order valence-electron chi connectivity index (χ4n) is 2.47. The molecule has 126 valence electrons. The van der Waals surface area contributed by atoms with Crippen LogP contribution in [-0.4, -0.2) is 29.4 Å². The number of hydrazone groups is 1. The number of phenolic OH excluding ortho intramolecular Hbond substituents is 2. The van der Waals surface area contributed by atoms with Gasteiger partial charge in [0.25, 0.3) is 5.91 Å². The predicted octanol–water partition coefficient (Wildman–Crippen LogP) is 3.02. The van der Waals surface area contributed by atoms with Gasteiger partial charge in [0.05, 0.1) is 18.9 Å². The van der Waals surface area contributed by atoms with Crippen LogP contribution in [-0.2, 0) is 0 Å². The minimum Gasteiger partial charge on any atom is -0.506 e. The Morgan fingerprint density at radius 3 is 2.64 bits per heavy atom. The quantitative estimate of drug-likeness (QED) is 0.504. The van der Waals surface area contributed by atoms with Gasteiger partial charge in [0.1, 0.15) is 5.75 Å². The maximum absolute atomic E-state index is 12.2. The molecule has 0 saturated carbocycles. The van der Waals surface area contributed by atoms with E-state index in [1.54, 1.807) is 36.4 Å². The van der Waals surface area contributed by atoms with Gasteiger partial charge in [-0.3, -0.25) is 4.79 Å². The highest BCUT2D eigenvalue weighted by molar-refractivity contribution is 6.03. The van der Waals surface area contributed by atoms with Crippen molar-refractivity contribution in [3.8, 4) is 17.2 Å². The van der Waals surface area contributed by atoms with E-state index >= 15 is 0 Å². The van der Waals surface area contributed by atoms with Crippen molar-refractivity contribution < 1.29 is 19.7 Å². The molecular formula is C19H16N2O4. The minimum atomic E-state index is -0.554. The Kier molecular flexibility index (Phi) is 4.52. The number of methoxy groups -OCH3 is 1. The van der Waals surface area contributed by atoms with Crippen molar-refractivity contribution in [1.29, 1.82) is 0 Å². The number of benzene rings is 3. The highest BCUT2D eigenvalue weighted by Crippen LogP contribution is 2.29. The van der Waals surface area contributed by atoms with E-state index in [1.165, 1.54) is 19.4 Å². The summed E-state index contributed by atoms with van der Waals surface area (Å²) in [5.74, 6) is -0.420. The third kappa shape index (κ3) is 3.23. The molecule has 1 amide bonds. The van der Waals surface area contributed by atoms with Crippen LogP contribution in [0.5, 0.6) is 17.2 Å². The Bertz CT molecular complexity index is 967.